The van der Waals surface area contributed by atoms with Crippen LogP contribution in [0.3, 0.4) is 0 Å². The Balaban J connectivity index is 1.25. The summed E-state index contributed by atoms with van der Waals surface area (Å²) in [6.45, 7) is 0. The highest BCUT2D eigenvalue weighted by atomic mass is 32.2. The Hall–Kier alpha value is -6.59. The third-order valence-corrected chi connectivity index (χ3v) is 13.6. The summed E-state index contributed by atoms with van der Waals surface area (Å²) >= 11 is 1.31. The van der Waals surface area contributed by atoms with Gasteiger partial charge in [0.05, 0.1) is 17.1 Å². The molecule has 8 N–H and O–H groups in total. The van der Waals surface area contributed by atoms with Gasteiger partial charge in [0, 0.05) is 99.6 Å². The molecule has 4 aromatic heterocycles. The van der Waals surface area contributed by atoms with Crippen molar-refractivity contribution in [2.45, 2.75) is 29.4 Å². The van der Waals surface area contributed by atoms with Crippen LogP contribution >= 0.6 is 11.8 Å². The first-order valence-electron chi connectivity index (χ1n) is 17.9. The third kappa shape index (κ3) is 3.27. The molecule has 3 aliphatic heterocycles. The monoisotopic (exact) mass is 726 g/mol. The number of thioether (sulfide) groups is 1. The molecule has 17 rings (SSSR count). The molecule has 0 saturated heterocycles. The minimum atomic E-state index is -0.460. The molecular weight excluding hydrogens is 701 g/mol. The Morgan fingerprint density at radius 2 is 0.926 bits per heavy atom. The van der Waals surface area contributed by atoms with Gasteiger partial charge in [-0.15, -0.1) is 0 Å². The number of Topliss-reactive ketones (excluding diaryl/α,β-unsaturated/α-hetero) is 1. The molecule has 260 valence electrons. The number of carbonyl (C=O) groups excluding carboxylic acids is 2. The number of aromatic nitrogens is 4. The minimum absolute atomic E-state index is 0.0732. The number of rotatable bonds is 0. The molecule has 0 fully saturated rings. The summed E-state index contributed by atoms with van der Waals surface area (Å²) in [4.78, 5) is 41.4. The number of nitrogens with one attached hydrogen (secondary N) is 4. The Morgan fingerprint density at radius 3 is 1.39 bits per heavy atom. The van der Waals surface area contributed by atoms with E-state index in [9.17, 15) is 30.0 Å². The van der Waals surface area contributed by atoms with Gasteiger partial charge in [-0.25, -0.2) is 0 Å². The number of aromatic hydroxyl groups is 4. The average Bonchev–Trinajstić information content (AvgIpc) is 3.93. The summed E-state index contributed by atoms with van der Waals surface area (Å²) in [6.07, 6.45) is 16.6. The largest absolute Gasteiger partial charge is 0.504 e. The number of carbonyl (C=O) groups is 2. The maximum absolute atomic E-state index is 13.4. The number of hydrogen-bond donors (Lipinski definition) is 8. The second-order valence-electron chi connectivity index (χ2n) is 15.1. The van der Waals surface area contributed by atoms with E-state index in [4.69, 9.17) is 0 Å². The summed E-state index contributed by atoms with van der Waals surface area (Å²) < 4.78 is 0. The highest BCUT2D eigenvalue weighted by Gasteiger charge is 2.40. The predicted molar refractivity (Wildman–Crippen MR) is 206 cm³/mol. The Morgan fingerprint density at radius 1 is 0.500 bits per heavy atom. The zero-order chi connectivity index (χ0) is 36.0. The van der Waals surface area contributed by atoms with E-state index in [2.05, 4.69) is 32.1 Å². The molecular formula is C43H26N4O6S. The highest BCUT2D eigenvalue weighted by molar-refractivity contribution is 8.14. The van der Waals surface area contributed by atoms with Crippen LogP contribution in [0.2, 0.25) is 0 Å². The van der Waals surface area contributed by atoms with Crippen molar-refractivity contribution in [3.8, 4) is 23.0 Å². The van der Waals surface area contributed by atoms with Crippen LogP contribution < -0.4 is 21.4 Å². The summed E-state index contributed by atoms with van der Waals surface area (Å²) in [6, 6.07) is 7.24. The molecule has 10 nitrogen and oxygen atoms in total. The maximum atomic E-state index is 13.4. The molecule has 0 saturated carbocycles. The first kappa shape index (κ1) is 28.9. The fourth-order valence-electron chi connectivity index (χ4n) is 10.3. The molecule has 0 spiro atoms. The van der Waals surface area contributed by atoms with E-state index < -0.39 is 11.8 Å². The Labute approximate surface area is 306 Å². The van der Waals surface area contributed by atoms with Crippen LogP contribution in [0.25, 0.3) is 67.4 Å². The molecule has 7 aliphatic rings. The fourth-order valence-corrected chi connectivity index (χ4v) is 11.4. The first-order chi connectivity index (χ1) is 26.2. The standard InChI is InChI=1S/C43H26N4O6S/c48-29-9-14-1-2-15(29)32-22-11-24-34-17-5-6-19(42(52)40(17)50)36(34)26(46-24)13-28-38-30-8-7-20(43(53)54-30)37(38)27(47-28)12-25-35-18-4-3-16(39(49)41(18)51)33(35)23(45-25)10-21(44-22)31(14)32/h1-8,10-15,20,30,44-47,49-52H,9H2. The van der Waals surface area contributed by atoms with E-state index in [1.54, 1.807) is 0 Å². The van der Waals surface area contributed by atoms with E-state index in [-0.39, 0.29) is 45.1 Å². The summed E-state index contributed by atoms with van der Waals surface area (Å²) in [5, 5.41) is 52.4. The SMILES string of the molecule is O=C1CC2C=CC1c1c2c2[nH]c1=Cc1[nH]c(c3c4ccc(c(O)c4O)c13)C=c1[nH]c(c3c1C1C=CC3C(=O)S1)=Cc1[nH]c(c3c4ccc(c(O)c4O)c13)C=2. The lowest BCUT2D eigenvalue weighted by molar-refractivity contribution is -0.120. The molecule has 4 atom stereocenters. The number of fused-ring (bicyclic) bond motifs is 14. The molecule has 10 aromatic rings. The molecule has 54 heavy (non-hydrogen) atoms. The summed E-state index contributed by atoms with van der Waals surface area (Å²) in [5.41, 5.74) is 6.64. The molecule has 11 heteroatoms. The van der Waals surface area contributed by atoms with Crippen LogP contribution in [-0.4, -0.2) is 51.3 Å². The second-order valence-corrected chi connectivity index (χ2v) is 16.3. The lowest BCUT2D eigenvalue weighted by atomic mass is 9.72. The molecule has 16 bridgehead atoms. The van der Waals surface area contributed by atoms with Crippen molar-refractivity contribution in [3.05, 3.63) is 115 Å². The van der Waals surface area contributed by atoms with Crippen molar-refractivity contribution in [1.29, 1.82) is 0 Å². The van der Waals surface area contributed by atoms with Crippen molar-refractivity contribution in [1.82, 2.24) is 19.9 Å². The number of benzene rings is 6. The number of aromatic amines is 4. The smallest absolute Gasteiger partial charge is 0.201 e. The second kappa shape index (κ2) is 9.31. The number of allylic oxidation sites excluding steroid dienone is 3. The van der Waals surface area contributed by atoms with Crippen molar-refractivity contribution < 1.29 is 30.0 Å². The third-order valence-electron chi connectivity index (χ3n) is 12.5. The van der Waals surface area contributed by atoms with E-state index in [1.807, 2.05) is 60.7 Å². The lowest BCUT2D eigenvalue weighted by Gasteiger charge is -2.30. The van der Waals surface area contributed by atoms with Crippen LogP contribution in [0, 0.1) is 0 Å². The zero-order valence-electron chi connectivity index (χ0n) is 28.0. The van der Waals surface area contributed by atoms with Gasteiger partial charge >= 0.3 is 0 Å². The van der Waals surface area contributed by atoms with E-state index in [0.29, 0.717) is 50.7 Å². The molecule has 4 aliphatic carbocycles. The van der Waals surface area contributed by atoms with Gasteiger partial charge in [0.15, 0.2) is 23.0 Å². The van der Waals surface area contributed by atoms with Crippen LogP contribution in [0.15, 0.2) is 48.6 Å². The normalized spacial score (nSPS) is 22.0. The van der Waals surface area contributed by atoms with Crippen LogP contribution in [0.4, 0.5) is 0 Å². The zero-order valence-corrected chi connectivity index (χ0v) is 28.8. The van der Waals surface area contributed by atoms with Crippen molar-refractivity contribution in [2.75, 3.05) is 0 Å². The number of hydrogen-bond acceptors (Lipinski definition) is 7. The first-order valence-corrected chi connectivity index (χ1v) is 18.7. The molecule has 6 aromatic carbocycles. The summed E-state index contributed by atoms with van der Waals surface area (Å²) in [5.74, 6) is -1.61. The molecule has 4 unspecified atom stereocenters. The van der Waals surface area contributed by atoms with Gasteiger partial charge in [-0.1, -0.05) is 36.1 Å². The van der Waals surface area contributed by atoms with E-state index >= 15 is 0 Å². The number of H-pyrrole nitrogens is 4. The quantitative estimate of drug-likeness (QED) is 0.0831. The predicted octanol–water partition coefficient (Wildman–Crippen LogP) is 4.62. The van der Waals surface area contributed by atoms with Crippen molar-refractivity contribution >= 4 is 90.1 Å². The topological polar surface area (TPSA) is 178 Å². The van der Waals surface area contributed by atoms with Gasteiger partial charge in [0.2, 0.25) is 5.12 Å². The van der Waals surface area contributed by atoms with Crippen LogP contribution in [0.5, 0.6) is 23.0 Å². The van der Waals surface area contributed by atoms with E-state index in [1.165, 1.54) is 11.8 Å². The maximum Gasteiger partial charge on any atom is 0.201 e. The Kier molecular flexibility index (Phi) is 4.99. The molecule has 7 heterocycles. The number of phenols is 8. The van der Waals surface area contributed by atoms with Gasteiger partial charge in [-0.05, 0) is 70.8 Å². The number of ketones is 1. The Bertz CT molecular complexity index is 3230. The van der Waals surface area contributed by atoms with Crippen LogP contribution in [-0.2, 0) is 9.59 Å². The number of phenolic OH excluding ortho intramolecular Hbond substituents is 4. The molecule has 0 amide bonds. The van der Waals surface area contributed by atoms with Crippen LogP contribution in [0.1, 0.15) is 74.5 Å². The lowest BCUT2D eigenvalue weighted by Crippen LogP contribution is -2.30. The average molecular weight is 727 g/mol. The highest BCUT2D eigenvalue weighted by Crippen LogP contribution is 2.50. The van der Waals surface area contributed by atoms with E-state index in [0.717, 1.165) is 65.2 Å². The van der Waals surface area contributed by atoms with Gasteiger partial charge in [0.25, 0.3) is 0 Å². The van der Waals surface area contributed by atoms with Gasteiger partial charge in [-0.2, -0.15) is 0 Å². The molecule has 0 radical (unpaired) electrons. The summed E-state index contributed by atoms with van der Waals surface area (Å²) in [7, 11) is 0. The van der Waals surface area contributed by atoms with Crippen molar-refractivity contribution in [2.24, 2.45) is 0 Å². The van der Waals surface area contributed by atoms with Gasteiger partial charge < -0.3 is 40.4 Å². The van der Waals surface area contributed by atoms with Crippen molar-refractivity contribution in [3.63, 3.8) is 0 Å². The fraction of sp³-hybridized carbons (Fsp3) is 0.116. The minimum Gasteiger partial charge on any atom is -0.504 e. The van der Waals surface area contributed by atoms with Gasteiger partial charge in [-0.3, -0.25) is 9.59 Å². The van der Waals surface area contributed by atoms with Gasteiger partial charge in [0.1, 0.15) is 5.78 Å².